The Labute approximate surface area is 99.6 Å². The van der Waals surface area contributed by atoms with Crippen LogP contribution in [-0.2, 0) is 4.79 Å². The van der Waals surface area contributed by atoms with Gasteiger partial charge >= 0.3 is 0 Å². The van der Waals surface area contributed by atoms with Crippen LogP contribution in [0.3, 0.4) is 0 Å². The van der Waals surface area contributed by atoms with E-state index in [0.717, 1.165) is 13.1 Å². The molecule has 0 spiro atoms. The van der Waals surface area contributed by atoms with Crippen molar-refractivity contribution in [1.29, 1.82) is 0 Å². The van der Waals surface area contributed by atoms with Crippen molar-refractivity contribution in [3.8, 4) is 0 Å². The van der Waals surface area contributed by atoms with Crippen molar-refractivity contribution in [2.45, 2.75) is 13.0 Å². The highest BCUT2D eigenvalue weighted by molar-refractivity contribution is 5.95. The van der Waals surface area contributed by atoms with Gasteiger partial charge in [0.1, 0.15) is 5.82 Å². The van der Waals surface area contributed by atoms with Crippen LogP contribution in [0.1, 0.15) is 5.56 Å². The summed E-state index contributed by atoms with van der Waals surface area (Å²) in [5, 5.41) is 9.03. The van der Waals surface area contributed by atoms with Gasteiger partial charge in [-0.1, -0.05) is 0 Å². The Morgan fingerprint density at radius 3 is 2.94 bits per heavy atom. The van der Waals surface area contributed by atoms with Gasteiger partial charge in [-0.05, 0) is 30.7 Å². The van der Waals surface area contributed by atoms with Crippen LogP contribution in [0.25, 0.3) is 0 Å². The molecule has 1 atom stereocenters. The molecule has 0 saturated carbocycles. The van der Waals surface area contributed by atoms with Crippen LogP contribution in [0.5, 0.6) is 0 Å². The summed E-state index contributed by atoms with van der Waals surface area (Å²) in [7, 11) is 0. The number of hydrogen-bond acceptors (Lipinski definition) is 3. The van der Waals surface area contributed by atoms with Crippen LogP contribution in [0.15, 0.2) is 18.2 Å². The number of carbonyl (C=O) groups excluding carboxylic acids is 1. The molecule has 0 bridgehead atoms. The second-order valence-electron chi connectivity index (χ2n) is 4.16. The summed E-state index contributed by atoms with van der Waals surface area (Å²) < 4.78 is 13.1. The maximum atomic E-state index is 13.1. The number of carbonyl (C=O) groups is 1. The number of anilines is 1. The number of piperazine rings is 1. The predicted molar refractivity (Wildman–Crippen MR) is 64.4 cm³/mol. The third-order valence-electron chi connectivity index (χ3n) is 2.78. The lowest BCUT2D eigenvalue weighted by atomic mass is 10.2. The fourth-order valence-electron chi connectivity index (χ4n) is 1.79. The molecule has 92 valence electrons. The first-order valence-corrected chi connectivity index (χ1v) is 5.68. The van der Waals surface area contributed by atoms with Gasteiger partial charge in [0, 0.05) is 25.3 Å². The minimum atomic E-state index is -0.263. The third kappa shape index (κ3) is 3.01. The monoisotopic (exact) mass is 237 g/mol. The number of benzene rings is 1. The van der Waals surface area contributed by atoms with Gasteiger partial charge in [0.05, 0.1) is 6.04 Å². The minimum Gasteiger partial charge on any atom is -0.325 e. The van der Waals surface area contributed by atoms with Gasteiger partial charge in [0.15, 0.2) is 0 Å². The second-order valence-corrected chi connectivity index (χ2v) is 4.16. The molecule has 1 saturated heterocycles. The van der Waals surface area contributed by atoms with E-state index in [1.807, 2.05) is 0 Å². The SMILES string of the molecule is Cc1cc(NC(=O)C2CNCCN2)ccc1F. The zero-order valence-corrected chi connectivity index (χ0v) is 9.72. The van der Waals surface area contributed by atoms with Crippen molar-refractivity contribution in [2.75, 3.05) is 25.0 Å². The first-order chi connectivity index (χ1) is 8.16. The molecule has 0 aromatic heterocycles. The Kier molecular flexibility index (Phi) is 3.71. The summed E-state index contributed by atoms with van der Waals surface area (Å²) in [5.74, 6) is -0.358. The number of nitrogens with one attached hydrogen (secondary N) is 3. The Balaban J connectivity index is 1.99. The molecule has 5 heteroatoms. The first kappa shape index (κ1) is 12.0. The summed E-state index contributed by atoms with van der Waals surface area (Å²) in [6.45, 7) is 3.94. The molecule has 1 aliphatic heterocycles. The van der Waals surface area contributed by atoms with Gasteiger partial charge in [-0.3, -0.25) is 4.79 Å². The summed E-state index contributed by atoms with van der Waals surface area (Å²) >= 11 is 0. The van der Waals surface area contributed by atoms with Crippen molar-refractivity contribution >= 4 is 11.6 Å². The van der Waals surface area contributed by atoms with Gasteiger partial charge in [0.2, 0.25) is 5.91 Å². The zero-order valence-electron chi connectivity index (χ0n) is 9.72. The maximum absolute atomic E-state index is 13.1. The van der Waals surface area contributed by atoms with E-state index < -0.39 is 0 Å². The Bertz CT molecular complexity index is 416. The lowest BCUT2D eigenvalue weighted by Gasteiger charge is -2.23. The summed E-state index contributed by atoms with van der Waals surface area (Å²) in [6.07, 6.45) is 0. The molecule has 1 aromatic carbocycles. The highest BCUT2D eigenvalue weighted by atomic mass is 19.1. The van der Waals surface area contributed by atoms with Crippen LogP contribution in [0.4, 0.5) is 10.1 Å². The Morgan fingerprint density at radius 1 is 1.47 bits per heavy atom. The van der Waals surface area contributed by atoms with Gasteiger partial charge in [-0.15, -0.1) is 0 Å². The molecular formula is C12H16FN3O. The van der Waals surface area contributed by atoms with Gasteiger partial charge < -0.3 is 16.0 Å². The van der Waals surface area contributed by atoms with E-state index in [1.54, 1.807) is 19.1 Å². The van der Waals surface area contributed by atoms with Crippen molar-refractivity contribution in [3.05, 3.63) is 29.6 Å². The molecule has 3 N–H and O–H groups in total. The van der Waals surface area contributed by atoms with Crippen LogP contribution in [-0.4, -0.2) is 31.6 Å². The highest BCUT2D eigenvalue weighted by Crippen LogP contribution is 2.13. The number of rotatable bonds is 2. The molecule has 1 aromatic rings. The Hall–Kier alpha value is -1.46. The number of halogens is 1. The zero-order chi connectivity index (χ0) is 12.3. The summed E-state index contributed by atoms with van der Waals surface area (Å²) in [6, 6.07) is 4.33. The minimum absolute atomic E-state index is 0.0943. The van der Waals surface area contributed by atoms with Gasteiger partial charge in [0.25, 0.3) is 0 Å². The molecule has 4 nitrogen and oxygen atoms in total. The molecule has 1 amide bonds. The number of aryl methyl sites for hydroxylation is 1. The molecule has 0 aliphatic carbocycles. The fourth-order valence-corrected chi connectivity index (χ4v) is 1.79. The van der Waals surface area contributed by atoms with E-state index in [2.05, 4.69) is 16.0 Å². The van der Waals surface area contributed by atoms with Crippen molar-refractivity contribution in [2.24, 2.45) is 0 Å². The molecule has 1 aliphatic rings. The number of hydrogen-bond donors (Lipinski definition) is 3. The average Bonchev–Trinajstić information content (AvgIpc) is 2.35. The van der Waals surface area contributed by atoms with Gasteiger partial charge in [-0.25, -0.2) is 4.39 Å². The maximum Gasteiger partial charge on any atom is 0.242 e. The molecule has 1 fully saturated rings. The molecule has 0 radical (unpaired) electrons. The Morgan fingerprint density at radius 2 is 2.29 bits per heavy atom. The molecule has 2 rings (SSSR count). The topological polar surface area (TPSA) is 53.2 Å². The van der Waals surface area contributed by atoms with Crippen molar-refractivity contribution < 1.29 is 9.18 Å². The lowest BCUT2D eigenvalue weighted by Crippen LogP contribution is -2.54. The van der Waals surface area contributed by atoms with E-state index in [-0.39, 0.29) is 17.8 Å². The largest absolute Gasteiger partial charge is 0.325 e. The quantitative estimate of drug-likeness (QED) is 0.707. The van der Waals surface area contributed by atoms with E-state index in [1.165, 1.54) is 6.07 Å². The molecule has 17 heavy (non-hydrogen) atoms. The summed E-state index contributed by atoms with van der Waals surface area (Å²) in [4.78, 5) is 11.9. The third-order valence-corrected chi connectivity index (χ3v) is 2.78. The van der Waals surface area contributed by atoms with Crippen LogP contribution >= 0.6 is 0 Å². The highest BCUT2D eigenvalue weighted by Gasteiger charge is 2.20. The summed E-state index contributed by atoms with van der Waals surface area (Å²) in [5.41, 5.74) is 1.15. The lowest BCUT2D eigenvalue weighted by molar-refractivity contribution is -0.118. The van der Waals surface area contributed by atoms with Crippen molar-refractivity contribution in [1.82, 2.24) is 10.6 Å². The van der Waals surface area contributed by atoms with Crippen LogP contribution in [0, 0.1) is 12.7 Å². The van der Waals surface area contributed by atoms with Crippen LogP contribution < -0.4 is 16.0 Å². The van der Waals surface area contributed by atoms with E-state index in [4.69, 9.17) is 0 Å². The fraction of sp³-hybridized carbons (Fsp3) is 0.417. The molecular weight excluding hydrogens is 221 g/mol. The van der Waals surface area contributed by atoms with E-state index in [9.17, 15) is 9.18 Å². The smallest absolute Gasteiger partial charge is 0.242 e. The molecule has 1 heterocycles. The number of amides is 1. The standard InChI is InChI=1S/C12H16FN3O/c1-8-6-9(2-3-10(8)13)16-12(17)11-7-14-4-5-15-11/h2-3,6,11,14-15H,4-5,7H2,1H3,(H,16,17). The average molecular weight is 237 g/mol. The molecule has 1 unspecified atom stereocenters. The van der Waals surface area contributed by atoms with E-state index in [0.29, 0.717) is 17.8 Å². The van der Waals surface area contributed by atoms with E-state index >= 15 is 0 Å². The first-order valence-electron chi connectivity index (χ1n) is 5.68. The second kappa shape index (κ2) is 5.25. The normalized spacial score (nSPS) is 20.0. The van der Waals surface area contributed by atoms with Crippen LogP contribution in [0.2, 0.25) is 0 Å². The van der Waals surface area contributed by atoms with Gasteiger partial charge in [-0.2, -0.15) is 0 Å². The van der Waals surface area contributed by atoms with Crippen molar-refractivity contribution in [3.63, 3.8) is 0 Å². The predicted octanol–water partition coefficient (Wildman–Crippen LogP) is 0.634.